The van der Waals surface area contributed by atoms with Crippen molar-refractivity contribution in [3.8, 4) is 0 Å². The van der Waals surface area contributed by atoms with E-state index in [0.717, 1.165) is 18.5 Å². The number of nitrogens with zero attached hydrogens (tertiary/aromatic N) is 1. The Morgan fingerprint density at radius 3 is 2.75 bits per heavy atom. The molecule has 0 aliphatic carbocycles. The molecule has 0 aromatic carbocycles. The molecule has 12 heavy (non-hydrogen) atoms. The van der Waals surface area contributed by atoms with Gasteiger partial charge in [-0.05, 0) is 6.07 Å². The highest BCUT2D eigenvalue weighted by Gasteiger charge is 2.18. The van der Waals surface area contributed by atoms with Gasteiger partial charge in [0, 0.05) is 11.8 Å². The van der Waals surface area contributed by atoms with Crippen LogP contribution in [0, 0.1) is 5.82 Å². The molecule has 1 unspecified atom stereocenters. The first-order valence-corrected chi connectivity index (χ1v) is 3.08. The lowest BCUT2D eigenvalue weighted by Crippen LogP contribution is -2.06. The summed E-state index contributed by atoms with van der Waals surface area (Å²) in [7, 11) is 0. The molecule has 1 rings (SSSR count). The van der Waals surface area contributed by atoms with Crippen LogP contribution in [0.4, 0.5) is 8.78 Å². The Hall–Kier alpha value is -1.52. The molecule has 1 aromatic heterocycles. The molecule has 0 aliphatic rings. The van der Waals surface area contributed by atoms with Gasteiger partial charge in [0.05, 0.1) is 6.20 Å². The van der Waals surface area contributed by atoms with Crippen LogP contribution in [-0.2, 0) is 4.79 Å². The molecule has 5 heteroatoms. The molecule has 0 amide bonds. The summed E-state index contributed by atoms with van der Waals surface area (Å²) >= 11 is 0. The largest absolute Gasteiger partial charge is 0.479 e. The van der Waals surface area contributed by atoms with Gasteiger partial charge in [0.15, 0.2) is 0 Å². The number of rotatable bonds is 2. The van der Waals surface area contributed by atoms with Crippen molar-refractivity contribution < 1.29 is 18.7 Å². The predicted molar refractivity (Wildman–Crippen MR) is 35.7 cm³/mol. The van der Waals surface area contributed by atoms with Crippen LogP contribution in [0.25, 0.3) is 0 Å². The minimum absolute atomic E-state index is 0.289. The molecule has 64 valence electrons. The summed E-state index contributed by atoms with van der Waals surface area (Å²) < 4.78 is 25.0. The van der Waals surface area contributed by atoms with Crippen LogP contribution in [0.2, 0.25) is 0 Å². The molecular formula is C7H5F2NO2. The first kappa shape index (κ1) is 8.58. The van der Waals surface area contributed by atoms with E-state index in [4.69, 9.17) is 5.11 Å². The Kier molecular flexibility index (Phi) is 2.32. The topological polar surface area (TPSA) is 50.2 Å². The van der Waals surface area contributed by atoms with E-state index in [1.54, 1.807) is 0 Å². The molecule has 0 saturated heterocycles. The molecule has 3 nitrogen and oxygen atoms in total. The fourth-order valence-electron chi connectivity index (χ4n) is 0.709. The normalized spacial score (nSPS) is 12.5. The second-order valence-electron chi connectivity index (χ2n) is 2.14. The average molecular weight is 173 g/mol. The van der Waals surface area contributed by atoms with E-state index in [1.165, 1.54) is 0 Å². The van der Waals surface area contributed by atoms with Crippen molar-refractivity contribution in [2.24, 2.45) is 0 Å². The maximum Gasteiger partial charge on any atom is 0.343 e. The van der Waals surface area contributed by atoms with E-state index >= 15 is 0 Å². The van der Waals surface area contributed by atoms with Crippen molar-refractivity contribution >= 4 is 5.97 Å². The number of aliphatic carboxylic acids is 1. The van der Waals surface area contributed by atoms with E-state index in [1.807, 2.05) is 0 Å². The van der Waals surface area contributed by atoms with E-state index in [2.05, 4.69) is 4.98 Å². The van der Waals surface area contributed by atoms with Crippen LogP contribution in [0.3, 0.4) is 0 Å². The fraction of sp³-hybridized carbons (Fsp3) is 0.143. The zero-order chi connectivity index (χ0) is 9.14. The summed E-state index contributed by atoms with van der Waals surface area (Å²) in [5.41, 5.74) is -0.289. The second-order valence-corrected chi connectivity index (χ2v) is 2.14. The van der Waals surface area contributed by atoms with Crippen LogP contribution in [-0.4, -0.2) is 16.1 Å². The van der Waals surface area contributed by atoms with E-state index < -0.39 is 18.0 Å². The Bertz CT molecular complexity index is 303. The minimum Gasteiger partial charge on any atom is -0.479 e. The zero-order valence-corrected chi connectivity index (χ0v) is 5.87. The standard InChI is InChI=1S/C7H5F2NO2/c8-5-1-4(2-10-3-5)6(9)7(11)12/h1-3,6H,(H,11,12). The van der Waals surface area contributed by atoms with Crippen molar-refractivity contribution in [3.05, 3.63) is 29.8 Å². The van der Waals surface area contributed by atoms with Gasteiger partial charge in [-0.3, -0.25) is 4.98 Å². The third-order valence-corrected chi connectivity index (χ3v) is 1.24. The minimum atomic E-state index is -2.21. The molecule has 1 heterocycles. The van der Waals surface area contributed by atoms with Crippen molar-refractivity contribution in [1.82, 2.24) is 4.98 Å². The molecule has 1 atom stereocenters. The number of carboxylic acid groups (broad SMARTS) is 1. The Labute approximate surface area is 66.7 Å². The molecule has 0 bridgehead atoms. The fourth-order valence-corrected chi connectivity index (χ4v) is 0.709. The SMILES string of the molecule is O=C(O)C(F)c1cncc(F)c1. The lowest BCUT2D eigenvalue weighted by atomic mass is 10.2. The van der Waals surface area contributed by atoms with Crippen LogP contribution in [0.5, 0.6) is 0 Å². The smallest absolute Gasteiger partial charge is 0.343 e. The van der Waals surface area contributed by atoms with E-state index in [9.17, 15) is 13.6 Å². The number of alkyl halides is 1. The summed E-state index contributed by atoms with van der Waals surface area (Å²) in [5, 5.41) is 8.20. The molecule has 0 saturated carbocycles. The Morgan fingerprint density at radius 1 is 1.58 bits per heavy atom. The third kappa shape index (κ3) is 1.75. The number of pyridine rings is 1. The van der Waals surface area contributed by atoms with Crippen molar-refractivity contribution in [1.29, 1.82) is 0 Å². The quantitative estimate of drug-likeness (QED) is 0.733. The first-order valence-electron chi connectivity index (χ1n) is 3.08. The monoisotopic (exact) mass is 173 g/mol. The third-order valence-electron chi connectivity index (χ3n) is 1.24. The number of carboxylic acids is 1. The van der Waals surface area contributed by atoms with Gasteiger partial charge >= 0.3 is 5.97 Å². The van der Waals surface area contributed by atoms with Crippen molar-refractivity contribution in [3.63, 3.8) is 0 Å². The number of aromatic nitrogens is 1. The molecule has 1 N–H and O–H groups in total. The van der Waals surface area contributed by atoms with Crippen LogP contribution < -0.4 is 0 Å². The van der Waals surface area contributed by atoms with Gasteiger partial charge in [-0.25, -0.2) is 13.6 Å². The molecular weight excluding hydrogens is 168 g/mol. The van der Waals surface area contributed by atoms with E-state index in [-0.39, 0.29) is 5.56 Å². The highest BCUT2D eigenvalue weighted by molar-refractivity contribution is 5.73. The Balaban J connectivity index is 2.95. The lowest BCUT2D eigenvalue weighted by molar-refractivity contribution is -0.143. The van der Waals surface area contributed by atoms with Gasteiger partial charge in [-0.2, -0.15) is 0 Å². The van der Waals surface area contributed by atoms with Gasteiger partial charge < -0.3 is 5.11 Å². The molecule has 0 fully saturated rings. The highest BCUT2D eigenvalue weighted by atomic mass is 19.1. The number of hydrogen-bond donors (Lipinski definition) is 1. The summed E-state index contributed by atoms with van der Waals surface area (Å²) in [6.45, 7) is 0. The second kappa shape index (κ2) is 3.25. The molecule has 1 aromatic rings. The maximum absolute atomic E-state index is 12.6. The zero-order valence-electron chi connectivity index (χ0n) is 5.87. The predicted octanol–water partition coefficient (Wildman–Crippen LogP) is 1.32. The van der Waals surface area contributed by atoms with Gasteiger partial charge in [0.1, 0.15) is 5.82 Å². The van der Waals surface area contributed by atoms with Gasteiger partial charge in [-0.15, -0.1) is 0 Å². The van der Waals surface area contributed by atoms with Crippen molar-refractivity contribution in [2.45, 2.75) is 6.17 Å². The summed E-state index contributed by atoms with van der Waals surface area (Å²) in [6, 6.07) is 0.797. The molecule has 0 aliphatic heterocycles. The number of hydrogen-bond acceptors (Lipinski definition) is 2. The number of carbonyl (C=O) groups is 1. The number of halogens is 2. The van der Waals surface area contributed by atoms with Gasteiger partial charge in [0.25, 0.3) is 0 Å². The van der Waals surface area contributed by atoms with Crippen LogP contribution in [0.1, 0.15) is 11.7 Å². The summed E-state index contributed by atoms with van der Waals surface area (Å²) in [5.74, 6) is -2.40. The van der Waals surface area contributed by atoms with Crippen LogP contribution >= 0.6 is 0 Å². The highest BCUT2D eigenvalue weighted by Crippen LogP contribution is 2.16. The lowest BCUT2D eigenvalue weighted by Gasteiger charge is -2.01. The van der Waals surface area contributed by atoms with Crippen molar-refractivity contribution in [2.75, 3.05) is 0 Å². The summed E-state index contributed by atoms with van der Waals surface area (Å²) in [6.07, 6.45) is -0.367. The van der Waals surface area contributed by atoms with E-state index in [0.29, 0.717) is 0 Å². The Morgan fingerprint density at radius 2 is 2.25 bits per heavy atom. The van der Waals surface area contributed by atoms with Gasteiger partial charge in [-0.1, -0.05) is 0 Å². The van der Waals surface area contributed by atoms with Crippen LogP contribution in [0.15, 0.2) is 18.5 Å². The van der Waals surface area contributed by atoms with Gasteiger partial charge in [0.2, 0.25) is 6.17 Å². The maximum atomic E-state index is 12.6. The molecule has 0 spiro atoms. The average Bonchev–Trinajstić information content (AvgIpc) is 2.03. The first-order chi connectivity index (χ1) is 5.61. The molecule has 0 radical (unpaired) electrons. The summed E-state index contributed by atoms with van der Waals surface area (Å²) in [4.78, 5) is 13.4.